The molecule has 7 atom stereocenters. The molecule has 408 valence electrons. The Morgan fingerprint density at radius 2 is 0.914 bits per heavy atom. The van der Waals surface area contributed by atoms with Crippen LogP contribution in [0.25, 0.3) is 0 Å². The van der Waals surface area contributed by atoms with Crippen LogP contribution >= 0.6 is 0 Å². The van der Waals surface area contributed by atoms with Gasteiger partial charge in [0, 0.05) is 31.8 Å². The molecule has 70 heavy (non-hydrogen) atoms. The van der Waals surface area contributed by atoms with Crippen molar-refractivity contribution in [3.8, 4) is 0 Å². The van der Waals surface area contributed by atoms with E-state index in [2.05, 4.69) is 41.6 Å². The van der Waals surface area contributed by atoms with Crippen molar-refractivity contribution in [3.63, 3.8) is 0 Å². The Kier molecular flexibility index (Phi) is 23.3. The molecule has 4 aliphatic rings. The van der Waals surface area contributed by atoms with Gasteiger partial charge < -0.3 is 37.9 Å². The van der Waals surface area contributed by atoms with Crippen LogP contribution in [-0.2, 0) is 57.1 Å². The number of rotatable bonds is 17. The Balaban J connectivity index is 0.000000550. The van der Waals surface area contributed by atoms with Crippen LogP contribution in [0.3, 0.4) is 0 Å². The number of halogens is 12. The maximum Gasteiger partial charge on any atom is 0.426 e. The molecule has 24 heteroatoms. The lowest BCUT2D eigenvalue weighted by atomic mass is 9.89. The Hall–Kier alpha value is -3.64. The third kappa shape index (κ3) is 17.5. The molecule has 4 bridgehead atoms. The number of carbonyl (C=O) groups excluding carboxylic acids is 4. The highest BCUT2D eigenvalue weighted by molar-refractivity contribution is 5.87. The Morgan fingerprint density at radius 1 is 0.557 bits per heavy atom. The topological polar surface area (TPSA) is 142 Å². The first-order valence-corrected chi connectivity index (χ1v) is 22.3. The molecular formula is C46H68F12O12. The largest absolute Gasteiger partial charge is 0.466 e. The third-order valence-corrected chi connectivity index (χ3v) is 12.6. The van der Waals surface area contributed by atoms with Crippen molar-refractivity contribution >= 4 is 23.9 Å². The van der Waals surface area contributed by atoms with Crippen LogP contribution in [0.4, 0.5) is 52.7 Å². The minimum absolute atomic E-state index is 0.100. The summed E-state index contributed by atoms with van der Waals surface area (Å²) in [5.74, 6) is -5.83. The molecule has 0 aromatic carbocycles. The SMILES string of the molecule is C=C(C)C(=O)OC.C=C(C)C(=O)OC.COC(C)(C)OC(CC(C)OC(=O)C1CC2CCC1C2)(C(F)(F)F)C(F)(F)F.COC(C)(C)OC(CCCOC(=O)C1CC2CCC1C2)(C(F)(F)F)C(F)(F)F. The van der Waals surface area contributed by atoms with Crippen LogP contribution in [0.1, 0.15) is 119 Å². The fraction of sp³-hybridized carbons (Fsp3) is 0.826. The molecule has 0 aliphatic heterocycles. The Bertz CT molecular complexity index is 1700. The summed E-state index contributed by atoms with van der Waals surface area (Å²) in [6, 6.07) is 0. The number of methoxy groups -OCH3 is 4. The molecule has 0 heterocycles. The zero-order chi connectivity index (χ0) is 54.6. The molecule has 4 fully saturated rings. The lowest BCUT2D eigenvalue weighted by molar-refractivity contribution is -0.429. The number of hydrogen-bond donors (Lipinski definition) is 0. The zero-order valence-electron chi connectivity index (χ0n) is 41.4. The molecule has 0 radical (unpaired) electrons. The maximum absolute atomic E-state index is 13.6. The molecule has 0 amide bonds. The second kappa shape index (κ2) is 25.3. The van der Waals surface area contributed by atoms with E-state index < -0.39 is 97.3 Å². The van der Waals surface area contributed by atoms with Crippen molar-refractivity contribution in [2.45, 2.75) is 173 Å². The van der Waals surface area contributed by atoms with Crippen molar-refractivity contribution in [1.82, 2.24) is 0 Å². The van der Waals surface area contributed by atoms with Crippen molar-refractivity contribution in [2.24, 2.45) is 35.5 Å². The van der Waals surface area contributed by atoms with Gasteiger partial charge >= 0.3 is 48.6 Å². The first kappa shape index (κ1) is 64.4. The number of hydrogen-bond acceptors (Lipinski definition) is 12. The summed E-state index contributed by atoms with van der Waals surface area (Å²) >= 11 is 0. The molecule has 0 aromatic rings. The zero-order valence-corrected chi connectivity index (χ0v) is 41.4. The smallest absolute Gasteiger partial charge is 0.426 e. The van der Waals surface area contributed by atoms with E-state index in [0.29, 0.717) is 35.8 Å². The number of esters is 4. The number of carbonyl (C=O) groups is 4. The Labute approximate surface area is 400 Å². The minimum atomic E-state index is -5.80. The van der Waals surface area contributed by atoms with Crippen molar-refractivity contribution < 1.29 is 110 Å². The summed E-state index contributed by atoms with van der Waals surface area (Å²) in [5.41, 5.74) is -8.09. The predicted octanol–water partition coefficient (Wildman–Crippen LogP) is 11.5. The van der Waals surface area contributed by atoms with E-state index in [4.69, 9.17) is 9.47 Å². The van der Waals surface area contributed by atoms with E-state index in [9.17, 15) is 71.9 Å². The molecule has 0 N–H and O–H groups in total. The monoisotopic (exact) mass is 1040 g/mol. The normalized spacial score (nSPS) is 22.8. The maximum atomic E-state index is 13.6. The van der Waals surface area contributed by atoms with E-state index in [1.807, 2.05) is 0 Å². The number of alkyl halides is 12. The average molecular weight is 1040 g/mol. The molecule has 0 saturated heterocycles. The first-order chi connectivity index (χ1) is 31.7. The lowest BCUT2D eigenvalue weighted by Gasteiger charge is -2.43. The second-order valence-electron chi connectivity index (χ2n) is 18.9. The number of fused-ring (bicyclic) bond motifs is 4. The molecule has 12 nitrogen and oxygen atoms in total. The molecule has 4 rings (SSSR count). The van der Waals surface area contributed by atoms with Gasteiger partial charge in [0.15, 0.2) is 11.6 Å². The van der Waals surface area contributed by atoms with Gasteiger partial charge in [0.1, 0.15) is 6.10 Å². The molecule has 7 unspecified atom stereocenters. The van der Waals surface area contributed by atoms with E-state index in [-0.39, 0.29) is 29.7 Å². The van der Waals surface area contributed by atoms with Gasteiger partial charge in [-0.15, -0.1) is 0 Å². The molecule has 0 aromatic heterocycles. The molecule has 4 aliphatic carbocycles. The van der Waals surface area contributed by atoms with Crippen molar-refractivity contribution in [1.29, 1.82) is 0 Å². The summed E-state index contributed by atoms with van der Waals surface area (Å²) in [6.45, 7) is 14.2. The Morgan fingerprint density at radius 3 is 1.19 bits per heavy atom. The quantitative estimate of drug-likeness (QED) is 0.0342. The highest BCUT2D eigenvalue weighted by atomic mass is 19.4. The first-order valence-electron chi connectivity index (χ1n) is 22.3. The van der Waals surface area contributed by atoms with Crippen LogP contribution in [0, 0.1) is 35.5 Å². The summed E-state index contributed by atoms with van der Waals surface area (Å²) in [6.07, 6.45) is -21.5. The predicted molar refractivity (Wildman–Crippen MR) is 226 cm³/mol. The standard InChI is InChI=1S/2C18H26F6O4.2C5H8O2/c1-10(27-14(25)13-8-11-5-6-12(13)7-11)9-16(17(19,20)21,18(22,23)24)28-15(2,3)26-4;1-15(2,26-3)28-16(17(19,20)21,18(22,23)24)7-4-8-27-14(25)13-10-11-5-6-12(13)9-11;2*1-4(2)5(6)7-3/h10-13H,5-9H2,1-4H3;11-13H,4-10H2,1-3H3;2*1H2,2-3H3. The lowest BCUT2D eigenvalue weighted by Crippen LogP contribution is -2.63. The van der Waals surface area contributed by atoms with Gasteiger partial charge in [-0.1, -0.05) is 26.0 Å². The summed E-state index contributed by atoms with van der Waals surface area (Å²) in [5, 5.41) is 0. The number of ether oxygens (including phenoxy) is 8. The van der Waals surface area contributed by atoms with Crippen LogP contribution in [0.15, 0.2) is 24.3 Å². The van der Waals surface area contributed by atoms with Gasteiger partial charge in [0.25, 0.3) is 11.2 Å². The van der Waals surface area contributed by atoms with Crippen LogP contribution in [-0.4, -0.2) is 113 Å². The summed E-state index contributed by atoms with van der Waals surface area (Å²) < 4.78 is 199. The highest BCUT2D eigenvalue weighted by Crippen LogP contribution is 2.54. The van der Waals surface area contributed by atoms with Crippen LogP contribution < -0.4 is 0 Å². The molecule has 0 spiro atoms. The van der Waals surface area contributed by atoms with Gasteiger partial charge in [-0.25, -0.2) is 9.59 Å². The molecule has 4 saturated carbocycles. The van der Waals surface area contributed by atoms with E-state index in [1.165, 1.54) is 14.2 Å². The van der Waals surface area contributed by atoms with E-state index in [0.717, 1.165) is 87.4 Å². The fourth-order valence-corrected chi connectivity index (χ4v) is 8.83. The van der Waals surface area contributed by atoms with Gasteiger partial charge in [-0.2, -0.15) is 52.7 Å². The van der Waals surface area contributed by atoms with E-state index in [1.54, 1.807) is 13.8 Å². The fourth-order valence-electron chi connectivity index (χ4n) is 8.83. The van der Waals surface area contributed by atoms with Gasteiger partial charge in [0.05, 0.1) is 32.7 Å². The highest BCUT2D eigenvalue weighted by Gasteiger charge is 2.75. The summed E-state index contributed by atoms with van der Waals surface area (Å²) in [7, 11) is 4.55. The van der Waals surface area contributed by atoms with Gasteiger partial charge in [-0.3, -0.25) is 9.59 Å². The van der Waals surface area contributed by atoms with Crippen LogP contribution in [0.2, 0.25) is 0 Å². The van der Waals surface area contributed by atoms with E-state index >= 15 is 0 Å². The van der Waals surface area contributed by atoms with Gasteiger partial charge in [-0.05, 0) is 124 Å². The second-order valence-corrected chi connectivity index (χ2v) is 18.9. The third-order valence-electron chi connectivity index (χ3n) is 12.6. The van der Waals surface area contributed by atoms with Crippen molar-refractivity contribution in [2.75, 3.05) is 35.0 Å². The molecular weight excluding hydrogens is 972 g/mol. The average Bonchev–Trinajstić information content (AvgIpc) is 4.07. The summed E-state index contributed by atoms with van der Waals surface area (Å²) in [4.78, 5) is 44.8. The van der Waals surface area contributed by atoms with Gasteiger partial charge in [0.2, 0.25) is 0 Å². The minimum Gasteiger partial charge on any atom is -0.466 e. The van der Waals surface area contributed by atoms with Crippen LogP contribution in [0.5, 0.6) is 0 Å². The van der Waals surface area contributed by atoms with Crippen molar-refractivity contribution in [3.05, 3.63) is 24.3 Å².